The Morgan fingerprint density at radius 2 is 1.75 bits per heavy atom. The topological polar surface area (TPSA) is 69.1 Å². The van der Waals surface area contributed by atoms with Gasteiger partial charge < -0.3 is 10.2 Å². The highest BCUT2D eigenvalue weighted by Crippen LogP contribution is 2.41. The van der Waals surface area contributed by atoms with Crippen LogP contribution in [-0.4, -0.2) is 45.1 Å². The summed E-state index contributed by atoms with van der Waals surface area (Å²) in [7, 11) is 0. The SMILES string of the molecule is Cc1n[nH]c(C)c1C(SCCO)SCCO. The van der Waals surface area contributed by atoms with Crippen molar-refractivity contribution in [2.45, 2.75) is 18.4 Å². The lowest BCUT2D eigenvalue weighted by molar-refractivity contribution is 0.322. The largest absolute Gasteiger partial charge is 0.396 e. The molecule has 0 saturated heterocycles. The molecule has 0 aliphatic heterocycles. The summed E-state index contributed by atoms with van der Waals surface area (Å²) in [6, 6.07) is 0. The maximum Gasteiger partial charge on any atom is 0.0788 e. The van der Waals surface area contributed by atoms with Crippen molar-refractivity contribution in [3.8, 4) is 0 Å². The summed E-state index contributed by atoms with van der Waals surface area (Å²) in [5.41, 5.74) is 3.26. The summed E-state index contributed by atoms with van der Waals surface area (Å²) >= 11 is 3.38. The summed E-state index contributed by atoms with van der Waals surface area (Å²) in [6.07, 6.45) is 0. The maximum absolute atomic E-state index is 8.87. The van der Waals surface area contributed by atoms with E-state index < -0.39 is 0 Å². The van der Waals surface area contributed by atoms with Gasteiger partial charge in [0.05, 0.1) is 23.5 Å². The molecule has 16 heavy (non-hydrogen) atoms. The number of aromatic amines is 1. The summed E-state index contributed by atoms with van der Waals surface area (Å²) in [6.45, 7) is 4.33. The predicted octanol–water partition coefficient (Wildman–Crippen LogP) is 1.48. The molecule has 1 rings (SSSR count). The number of aliphatic hydroxyl groups is 2. The van der Waals surface area contributed by atoms with E-state index in [1.54, 1.807) is 23.5 Å². The standard InChI is InChI=1S/C10H18N2O2S2/c1-7-9(8(2)12-11-7)10(15-5-3-13)16-6-4-14/h10,13-14H,3-6H2,1-2H3,(H,11,12). The van der Waals surface area contributed by atoms with Gasteiger partial charge in [0.15, 0.2) is 0 Å². The normalized spacial score (nSPS) is 11.3. The van der Waals surface area contributed by atoms with Gasteiger partial charge in [0.25, 0.3) is 0 Å². The van der Waals surface area contributed by atoms with Crippen molar-refractivity contribution in [1.82, 2.24) is 10.2 Å². The average Bonchev–Trinajstić information content (AvgIpc) is 2.60. The Balaban J connectivity index is 2.74. The Hall–Kier alpha value is -0.170. The molecule has 0 saturated carbocycles. The minimum absolute atomic E-state index is 0.177. The molecule has 0 spiro atoms. The Labute approximate surface area is 104 Å². The number of H-pyrrole nitrogens is 1. The number of aryl methyl sites for hydroxylation is 2. The molecule has 92 valence electrons. The number of aliphatic hydroxyl groups excluding tert-OH is 2. The minimum Gasteiger partial charge on any atom is -0.396 e. The Morgan fingerprint density at radius 3 is 2.12 bits per heavy atom. The van der Waals surface area contributed by atoms with Crippen molar-refractivity contribution >= 4 is 23.5 Å². The highest BCUT2D eigenvalue weighted by molar-refractivity contribution is 8.16. The van der Waals surface area contributed by atoms with Crippen molar-refractivity contribution in [3.63, 3.8) is 0 Å². The van der Waals surface area contributed by atoms with E-state index in [0.717, 1.165) is 11.4 Å². The van der Waals surface area contributed by atoms with Crippen LogP contribution in [0.5, 0.6) is 0 Å². The van der Waals surface area contributed by atoms with E-state index in [9.17, 15) is 0 Å². The molecule has 3 N–H and O–H groups in total. The van der Waals surface area contributed by atoms with Gasteiger partial charge in [0, 0.05) is 22.8 Å². The number of rotatable bonds is 7. The van der Waals surface area contributed by atoms with Crippen molar-refractivity contribution in [3.05, 3.63) is 17.0 Å². The minimum atomic E-state index is 0.177. The van der Waals surface area contributed by atoms with Crippen LogP contribution < -0.4 is 0 Å². The lowest BCUT2D eigenvalue weighted by atomic mass is 10.2. The molecule has 0 atom stereocenters. The van der Waals surface area contributed by atoms with Gasteiger partial charge in [-0.1, -0.05) is 0 Å². The van der Waals surface area contributed by atoms with Crippen LogP contribution in [0.25, 0.3) is 0 Å². The van der Waals surface area contributed by atoms with Gasteiger partial charge in [0.2, 0.25) is 0 Å². The molecular weight excluding hydrogens is 244 g/mol. The third kappa shape index (κ3) is 3.69. The number of hydrogen-bond acceptors (Lipinski definition) is 5. The van der Waals surface area contributed by atoms with E-state index in [4.69, 9.17) is 10.2 Å². The lowest BCUT2D eigenvalue weighted by Crippen LogP contribution is -1.99. The Bertz CT molecular complexity index is 290. The summed E-state index contributed by atoms with van der Waals surface area (Å²) in [5, 5.41) is 24.9. The predicted molar refractivity (Wildman–Crippen MR) is 69.9 cm³/mol. The van der Waals surface area contributed by atoms with E-state index in [2.05, 4.69) is 10.2 Å². The van der Waals surface area contributed by atoms with Gasteiger partial charge in [-0.15, -0.1) is 23.5 Å². The molecule has 0 amide bonds. The van der Waals surface area contributed by atoms with Crippen molar-refractivity contribution in [1.29, 1.82) is 0 Å². The number of aromatic nitrogens is 2. The van der Waals surface area contributed by atoms with E-state index in [0.29, 0.717) is 11.5 Å². The van der Waals surface area contributed by atoms with E-state index >= 15 is 0 Å². The summed E-state index contributed by atoms with van der Waals surface area (Å²) < 4.78 is 0.234. The Morgan fingerprint density at radius 1 is 1.19 bits per heavy atom. The van der Waals surface area contributed by atoms with Gasteiger partial charge in [-0.2, -0.15) is 5.10 Å². The molecule has 0 fully saturated rings. The fraction of sp³-hybridized carbons (Fsp3) is 0.700. The van der Waals surface area contributed by atoms with Crippen molar-refractivity contribution in [2.24, 2.45) is 0 Å². The van der Waals surface area contributed by atoms with Crippen LogP contribution in [0.3, 0.4) is 0 Å². The van der Waals surface area contributed by atoms with Gasteiger partial charge in [-0.25, -0.2) is 0 Å². The lowest BCUT2D eigenvalue weighted by Gasteiger charge is -2.15. The first-order valence-electron chi connectivity index (χ1n) is 5.17. The van der Waals surface area contributed by atoms with E-state index in [1.165, 1.54) is 5.56 Å². The highest BCUT2D eigenvalue weighted by Gasteiger charge is 2.19. The van der Waals surface area contributed by atoms with Gasteiger partial charge in [-0.05, 0) is 13.8 Å². The first-order chi connectivity index (χ1) is 7.70. The third-order valence-electron chi connectivity index (χ3n) is 2.14. The summed E-state index contributed by atoms with van der Waals surface area (Å²) in [4.78, 5) is 0. The molecule has 1 aromatic rings. The summed E-state index contributed by atoms with van der Waals surface area (Å²) in [5.74, 6) is 1.40. The zero-order chi connectivity index (χ0) is 12.0. The molecule has 0 bridgehead atoms. The molecule has 0 radical (unpaired) electrons. The second-order valence-corrected chi connectivity index (χ2v) is 6.09. The van der Waals surface area contributed by atoms with E-state index in [1.807, 2.05) is 13.8 Å². The highest BCUT2D eigenvalue weighted by atomic mass is 32.2. The smallest absolute Gasteiger partial charge is 0.0788 e. The molecule has 1 heterocycles. The second-order valence-electron chi connectivity index (χ2n) is 3.37. The molecule has 0 aromatic carbocycles. The number of nitrogens with zero attached hydrogens (tertiary/aromatic N) is 1. The van der Waals surface area contributed by atoms with Crippen LogP contribution in [0.1, 0.15) is 21.5 Å². The number of thioether (sulfide) groups is 2. The molecule has 0 aliphatic carbocycles. The Kier molecular flexibility index (Phi) is 6.26. The zero-order valence-electron chi connectivity index (χ0n) is 9.56. The van der Waals surface area contributed by atoms with Crippen LogP contribution in [0.15, 0.2) is 0 Å². The fourth-order valence-electron chi connectivity index (χ4n) is 1.44. The monoisotopic (exact) mass is 262 g/mol. The zero-order valence-corrected chi connectivity index (χ0v) is 11.2. The molecule has 1 aromatic heterocycles. The van der Waals surface area contributed by atoms with Crippen LogP contribution in [-0.2, 0) is 0 Å². The quantitative estimate of drug-likeness (QED) is 0.649. The first-order valence-corrected chi connectivity index (χ1v) is 7.26. The fourth-order valence-corrected chi connectivity index (χ4v) is 4.07. The van der Waals surface area contributed by atoms with Crippen molar-refractivity contribution < 1.29 is 10.2 Å². The van der Waals surface area contributed by atoms with Crippen LogP contribution >= 0.6 is 23.5 Å². The van der Waals surface area contributed by atoms with E-state index in [-0.39, 0.29) is 17.8 Å². The number of nitrogens with one attached hydrogen (secondary N) is 1. The molecular formula is C10H18N2O2S2. The molecule has 4 nitrogen and oxygen atoms in total. The maximum atomic E-state index is 8.87. The molecule has 6 heteroatoms. The van der Waals surface area contributed by atoms with Gasteiger partial charge in [-0.3, -0.25) is 5.10 Å². The van der Waals surface area contributed by atoms with Crippen LogP contribution in [0.2, 0.25) is 0 Å². The molecule has 0 aliphatic rings. The van der Waals surface area contributed by atoms with Crippen LogP contribution in [0.4, 0.5) is 0 Å². The average molecular weight is 262 g/mol. The second kappa shape index (κ2) is 7.21. The van der Waals surface area contributed by atoms with Gasteiger partial charge in [0.1, 0.15) is 0 Å². The van der Waals surface area contributed by atoms with Crippen molar-refractivity contribution in [2.75, 3.05) is 24.7 Å². The molecule has 0 unspecified atom stereocenters. The third-order valence-corrected chi connectivity index (χ3v) is 4.87. The van der Waals surface area contributed by atoms with Crippen LogP contribution in [0, 0.1) is 13.8 Å². The van der Waals surface area contributed by atoms with Gasteiger partial charge >= 0.3 is 0 Å². The number of hydrogen-bond donors (Lipinski definition) is 3. The first kappa shape index (κ1) is 13.9.